The van der Waals surface area contributed by atoms with Crippen molar-refractivity contribution in [2.45, 2.75) is 18.5 Å². The molecular weight excluding hydrogens is 334 g/mol. The van der Waals surface area contributed by atoms with E-state index in [9.17, 15) is 13.6 Å². The van der Waals surface area contributed by atoms with E-state index >= 15 is 0 Å². The highest BCUT2D eigenvalue weighted by molar-refractivity contribution is 5.87. The maximum Gasteiger partial charge on any atom is 0.240 e. The van der Waals surface area contributed by atoms with Crippen LogP contribution in [0.3, 0.4) is 0 Å². The zero-order chi connectivity index (χ0) is 18.7. The van der Waals surface area contributed by atoms with Crippen LogP contribution in [-0.2, 0) is 4.79 Å². The molecule has 0 saturated heterocycles. The third kappa shape index (κ3) is 3.58. The van der Waals surface area contributed by atoms with Crippen molar-refractivity contribution in [3.05, 3.63) is 90.0 Å². The number of halogens is 2. The summed E-state index contributed by atoms with van der Waals surface area (Å²) in [6.45, 7) is 3.79. The number of nitrogens with two attached hydrogens (primary N) is 1. The van der Waals surface area contributed by atoms with E-state index in [1.807, 2.05) is 30.3 Å². The van der Waals surface area contributed by atoms with Gasteiger partial charge in [0.25, 0.3) is 0 Å². The van der Waals surface area contributed by atoms with Crippen molar-refractivity contribution in [1.82, 2.24) is 4.90 Å². The molecule has 1 amide bonds. The molecule has 0 radical (unpaired) electrons. The first kappa shape index (κ1) is 18.0. The summed E-state index contributed by atoms with van der Waals surface area (Å²) in [4.78, 5) is 14.4. The lowest BCUT2D eigenvalue weighted by atomic mass is 10.0. The van der Waals surface area contributed by atoms with Gasteiger partial charge in [-0.05, 0) is 35.8 Å². The van der Waals surface area contributed by atoms with Crippen molar-refractivity contribution >= 4 is 11.5 Å². The first-order chi connectivity index (χ1) is 12.5. The molecule has 5 heteroatoms. The summed E-state index contributed by atoms with van der Waals surface area (Å²) in [7, 11) is 0. The predicted molar refractivity (Wildman–Crippen MR) is 98.0 cm³/mol. The van der Waals surface area contributed by atoms with Crippen LogP contribution in [-0.4, -0.2) is 23.4 Å². The largest absolute Gasteiger partial charge is 0.326 e. The topological polar surface area (TPSA) is 46.3 Å². The summed E-state index contributed by atoms with van der Waals surface area (Å²) in [5.41, 5.74) is 7.58. The van der Waals surface area contributed by atoms with E-state index in [0.717, 1.165) is 23.8 Å². The number of hydrogen-bond acceptors (Lipinski definition) is 2. The monoisotopic (exact) mass is 354 g/mol. The highest BCUT2D eigenvalue weighted by Crippen LogP contribution is 2.36. The van der Waals surface area contributed by atoms with Gasteiger partial charge in [0.2, 0.25) is 5.91 Å². The Morgan fingerprint density at radius 3 is 2.69 bits per heavy atom. The highest BCUT2D eigenvalue weighted by atomic mass is 19.1. The lowest BCUT2D eigenvalue weighted by molar-refractivity contribution is -0.133. The minimum Gasteiger partial charge on any atom is -0.326 e. The van der Waals surface area contributed by atoms with Gasteiger partial charge in [0.05, 0.1) is 12.1 Å². The number of hydrogen-bond donors (Lipinski definition) is 1. The third-order valence-corrected chi connectivity index (χ3v) is 4.47. The molecule has 0 fully saturated rings. The van der Waals surface area contributed by atoms with E-state index in [2.05, 4.69) is 6.58 Å². The minimum absolute atomic E-state index is 0.165. The molecule has 3 rings (SSSR count). The molecule has 2 aromatic rings. The van der Waals surface area contributed by atoms with Crippen molar-refractivity contribution in [2.24, 2.45) is 5.73 Å². The van der Waals surface area contributed by atoms with E-state index in [0.29, 0.717) is 12.0 Å². The fraction of sp³-hybridized carbons (Fsp3) is 0.190. The molecule has 0 aromatic heterocycles. The van der Waals surface area contributed by atoms with Crippen molar-refractivity contribution in [3.8, 4) is 0 Å². The number of carbonyl (C=O) groups is 1. The number of nitrogens with zero attached hydrogens (tertiary/aromatic N) is 1. The fourth-order valence-corrected chi connectivity index (χ4v) is 3.17. The molecular formula is C21H20F2N2O. The normalized spacial score (nSPS) is 17.7. The van der Waals surface area contributed by atoms with Crippen LogP contribution in [0.25, 0.3) is 5.57 Å². The lowest BCUT2D eigenvalue weighted by Crippen LogP contribution is -2.43. The average molecular weight is 354 g/mol. The molecule has 26 heavy (non-hydrogen) atoms. The number of carbonyl (C=O) groups excluding carboxylic acids is 1. The first-order valence-corrected chi connectivity index (χ1v) is 8.39. The van der Waals surface area contributed by atoms with E-state index < -0.39 is 17.7 Å². The average Bonchev–Trinajstić information content (AvgIpc) is 3.09. The quantitative estimate of drug-likeness (QED) is 0.830. The zero-order valence-electron chi connectivity index (χ0n) is 14.2. The predicted octanol–water partition coefficient (Wildman–Crippen LogP) is 3.84. The van der Waals surface area contributed by atoms with Crippen molar-refractivity contribution in [3.63, 3.8) is 0 Å². The molecule has 0 spiro atoms. The van der Waals surface area contributed by atoms with Gasteiger partial charge in [0.15, 0.2) is 0 Å². The van der Waals surface area contributed by atoms with Gasteiger partial charge in [-0.1, -0.05) is 42.5 Å². The Morgan fingerprint density at radius 1 is 1.27 bits per heavy atom. The Bertz CT molecular complexity index is 848. The second-order valence-corrected chi connectivity index (χ2v) is 6.27. The van der Waals surface area contributed by atoms with Gasteiger partial charge in [-0.15, -0.1) is 6.58 Å². The van der Waals surface area contributed by atoms with Crippen LogP contribution in [0.15, 0.2) is 67.3 Å². The molecule has 3 nitrogen and oxygen atoms in total. The van der Waals surface area contributed by atoms with Gasteiger partial charge < -0.3 is 10.6 Å². The number of amides is 1. The summed E-state index contributed by atoms with van der Waals surface area (Å²) < 4.78 is 27.8. The van der Waals surface area contributed by atoms with Crippen LogP contribution in [0, 0.1) is 11.6 Å². The second-order valence-electron chi connectivity index (χ2n) is 6.27. The molecule has 1 aliphatic heterocycles. The molecule has 0 aliphatic carbocycles. The summed E-state index contributed by atoms with van der Waals surface area (Å²) in [6.07, 6.45) is 3.74. The van der Waals surface area contributed by atoms with Gasteiger partial charge >= 0.3 is 0 Å². The van der Waals surface area contributed by atoms with Crippen LogP contribution in [0.1, 0.15) is 23.6 Å². The molecule has 1 aliphatic rings. The van der Waals surface area contributed by atoms with E-state index in [1.165, 1.54) is 0 Å². The van der Waals surface area contributed by atoms with E-state index in [-0.39, 0.29) is 24.1 Å². The van der Waals surface area contributed by atoms with Crippen molar-refractivity contribution < 1.29 is 13.6 Å². The fourth-order valence-electron chi connectivity index (χ4n) is 3.17. The molecule has 0 saturated carbocycles. The number of benzene rings is 2. The Kier molecular flexibility index (Phi) is 5.28. The highest BCUT2D eigenvalue weighted by Gasteiger charge is 2.33. The minimum atomic E-state index is -0.719. The Balaban J connectivity index is 2.00. The Labute approximate surface area is 151 Å². The second kappa shape index (κ2) is 7.62. The summed E-state index contributed by atoms with van der Waals surface area (Å²) in [5.74, 6) is -1.29. The summed E-state index contributed by atoms with van der Waals surface area (Å²) in [6, 6.07) is 11.6. The summed E-state index contributed by atoms with van der Waals surface area (Å²) in [5, 5.41) is 0. The van der Waals surface area contributed by atoms with Gasteiger partial charge in [-0.25, -0.2) is 8.78 Å². The molecule has 2 atom stereocenters. The van der Waals surface area contributed by atoms with Gasteiger partial charge in [0.1, 0.15) is 11.6 Å². The van der Waals surface area contributed by atoms with Crippen LogP contribution in [0.4, 0.5) is 8.78 Å². The van der Waals surface area contributed by atoms with Gasteiger partial charge in [-0.2, -0.15) is 0 Å². The van der Waals surface area contributed by atoms with E-state index in [1.54, 1.807) is 17.1 Å². The SMILES string of the molecule is C=CC[C@@H](N)C(=O)N1CC(c2cc(F)ccc2F)=CC1c1ccccc1. The van der Waals surface area contributed by atoms with Crippen LogP contribution in [0.2, 0.25) is 0 Å². The standard InChI is InChI=1S/C21H20F2N2O/c1-2-6-19(24)21(26)25-13-15(17-12-16(22)9-10-18(17)23)11-20(25)14-7-4-3-5-8-14/h2-5,7-12,19-20H,1,6,13,24H2/t19-,20?/m1/s1. The molecule has 2 aromatic carbocycles. The smallest absolute Gasteiger partial charge is 0.240 e. The zero-order valence-corrected chi connectivity index (χ0v) is 14.2. The molecule has 0 bridgehead atoms. The van der Waals surface area contributed by atoms with Crippen LogP contribution in [0.5, 0.6) is 0 Å². The van der Waals surface area contributed by atoms with Crippen molar-refractivity contribution in [2.75, 3.05) is 6.54 Å². The Morgan fingerprint density at radius 2 is 2.00 bits per heavy atom. The third-order valence-electron chi connectivity index (χ3n) is 4.47. The maximum atomic E-state index is 14.2. The molecule has 1 unspecified atom stereocenters. The molecule has 1 heterocycles. The summed E-state index contributed by atoms with van der Waals surface area (Å²) >= 11 is 0. The van der Waals surface area contributed by atoms with Crippen LogP contribution < -0.4 is 5.73 Å². The Hall–Kier alpha value is -2.79. The molecule has 134 valence electrons. The van der Waals surface area contributed by atoms with Gasteiger partial charge in [0, 0.05) is 12.1 Å². The van der Waals surface area contributed by atoms with Crippen molar-refractivity contribution in [1.29, 1.82) is 0 Å². The maximum absolute atomic E-state index is 14.2. The van der Waals surface area contributed by atoms with Gasteiger partial charge in [-0.3, -0.25) is 4.79 Å². The van der Waals surface area contributed by atoms with E-state index in [4.69, 9.17) is 5.73 Å². The van der Waals surface area contributed by atoms with Crippen LogP contribution >= 0.6 is 0 Å². The number of rotatable bonds is 5. The first-order valence-electron chi connectivity index (χ1n) is 8.39. The lowest BCUT2D eigenvalue weighted by Gasteiger charge is -2.27. The molecule has 2 N–H and O–H groups in total.